The Morgan fingerprint density at radius 3 is 2.74 bits per heavy atom. The van der Waals surface area contributed by atoms with E-state index in [-0.39, 0.29) is 16.6 Å². The number of halogens is 3. The normalized spacial score (nSPS) is 18.4. The Hall–Kier alpha value is -3.76. The molecule has 1 amide bonds. The minimum atomic E-state index is -4.56. The Balaban J connectivity index is 1.10. The number of fused-ring (bicyclic) bond motifs is 1. The first-order valence-electron chi connectivity index (χ1n) is 12.2. The maximum atomic E-state index is 12.9. The fourth-order valence-corrected chi connectivity index (χ4v) is 6.28. The van der Waals surface area contributed by atoms with Gasteiger partial charge >= 0.3 is 6.18 Å². The van der Waals surface area contributed by atoms with Crippen molar-refractivity contribution >= 4 is 28.3 Å². The van der Waals surface area contributed by atoms with Crippen LogP contribution in [0.15, 0.2) is 42.4 Å². The summed E-state index contributed by atoms with van der Waals surface area (Å²) in [7, 11) is 0. The fraction of sp³-hybridized carbons (Fsp3) is 0.400. The lowest BCUT2D eigenvalue weighted by Crippen LogP contribution is -2.66. The minimum Gasteiger partial charge on any atom is -0.346 e. The molecule has 196 valence electrons. The van der Waals surface area contributed by atoms with Gasteiger partial charge in [0.05, 0.1) is 23.7 Å². The average molecular weight is 541 g/mol. The minimum absolute atomic E-state index is 0.128. The number of carbonyl (C=O) groups is 1. The predicted molar refractivity (Wildman–Crippen MR) is 133 cm³/mol. The van der Waals surface area contributed by atoms with E-state index in [1.54, 1.807) is 4.90 Å². The van der Waals surface area contributed by atoms with Crippen LogP contribution in [0, 0.1) is 11.3 Å². The standard InChI is InChI=1S/C25H23F3N8OS/c26-25(27,28)19-12-38-22(33-19)23(37)34-8-3-17(4-9-34)35-13-24(14-35,5-6-29)36-10-2-16(11-36)20-18-1-7-30-21(18)32-15-31-20/h1-2,7,10-12,15,17H,3-5,8-9,13-14H2,(H,30,31,32). The maximum absolute atomic E-state index is 12.9. The molecule has 4 aromatic rings. The van der Waals surface area contributed by atoms with Crippen molar-refractivity contribution in [1.29, 1.82) is 5.26 Å². The van der Waals surface area contributed by atoms with Crippen LogP contribution in [0.4, 0.5) is 13.2 Å². The number of thiazole rings is 1. The molecule has 2 saturated heterocycles. The van der Waals surface area contributed by atoms with E-state index in [0.29, 0.717) is 32.6 Å². The van der Waals surface area contributed by atoms with Gasteiger partial charge in [-0.05, 0) is 25.0 Å². The van der Waals surface area contributed by atoms with Crippen LogP contribution in [0.1, 0.15) is 34.8 Å². The number of hydrogen-bond donors (Lipinski definition) is 1. The number of likely N-dealkylation sites (tertiary alicyclic amines) is 2. The van der Waals surface area contributed by atoms with Crippen molar-refractivity contribution in [3.05, 3.63) is 53.1 Å². The summed E-state index contributed by atoms with van der Waals surface area (Å²) in [6.45, 7) is 2.33. The molecule has 2 fully saturated rings. The molecule has 6 heterocycles. The zero-order valence-electron chi connectivity index (χ0n) is 20.1. The van der Waals surface area contributed by atoms with Crippen LogP contribution in [-0.2, 0) is 11.7 Å². The van der Waals surface area contributed by atoms with Gasteiger partial charge < -0.3 is 14.5 Å². The first kappa shape index (κ1) is 24.6. The lowest BCUT2D eigenvalue weighted by atomic mass is 9.83. The molecule has 2 aliphatic rings. The third-order valence-corrected chi connectivity index (χ3v) is 8.35. The molecule has 0 unspecified atom stereocenters. The maximum Gasteiger partial charge on any atom is 0.434 e. The van der Waals surface area contributed by atoms with Crippen molar-refractivity contribution in [2.75, 3.05) is 26.2 Å². The van der Waals surface area contributed by atoms with Crippen LogP contribution in [0.5, 0.6) is 0 Å². The average Bonchev–Trinajstić information content (AvgIpc) is 3.65. The van der Waals surface area contributed by atoms with Crippen molar-refractivity contribution in [2.45, 2.75) is 37.0 Å². The number of rotatable bonds is 5. The molecule has 0 aliphatic carbocycles. The molecular weight excluding hydrogens is 517 g/mol. The van der Waals surface area contributed by atoms with Crippen LogP contribution in [0.25, 0.3) is 22.3 Å². The molecule has 0 spiro atoms. The largest absolute Gasteiger partial charge is 0.434 e. The quantitative estimate of drug-likeness (QED) is 0.408. The van der Waals surface area contributed by atoms with Crippen LogP contribution < -0.4 is 0 Å². The highest BCUT2D eigenvalue weighted by Gasteiger charge is 2.47. The number of hydrogen-bond acceptors (Lipinski definition) is 7. The highest BCUT2D eigenvalue weighted by Crippen LogP contribution is 2.38. The summed E-state index contributed by atoms with van der Waals surface area (Å²) in [5, 5.41) is 11.3. The van der Waals surface area contributed by atoms with Crippen LogP contribution >= 0.6 is 11.3 Å². The summed E-state index contributed by atoms with van der Waals surface area (Å²) >= 11 is 0.729. The van der Waals surface area contributed by atoms with Gasteiger partial charge in [-0.2, -0.15) is 18.4 Å². The molecule has 1 N–H and O–H groups in total. The summed E-state index contributed by atoms with van der Waals surface area (Å²) in [5.41, 5.74) is 1.18. The van der Waals surface area contributed by atoms with Gasteiger partial charge in [0.1, 0.15) is 12.0 Å². The Morgan fingerprint density at radius 2 is 2.03 bits per heavy atom. The Kier molecular flexibility index (Phi) is 5.96. The van der Waals surface area contributed by atoms with Gasteiger partial charge in [-0.25, -0.2) is 15.0 Å². The van der Waals surface area contributed by atoms with Crippen molar-refractivity contribution in [2.24, 2.45) is 0 Å². The first-order chi connectivity index (χ1) is 18.3. The third kappa shape index (κ3) is 4.23. The number of nitriles is 1. The second-order valence-corrected chi connectivity index (χ2v) is 10.7. The third-order valence-electron chi connectivity index (χ3n) is 7.52. The lowest BCUT2D eigenvalue weighted by molar-refractivity contribution is -0.140. The summed E-state index contributed by atoms with van der Waals surface area (Å²) in [5.74, 6) is -0.451. The number of alkyl halides is 3. The highest BCUT2D eigenvalue weighted by atomic mass is 32.1. The Morgan fingerprint density at radius 1 is 1.24 bits per heavy atom. The molecular formula is C25H23F3N8OS. The fourth-order valence-electron chi connectivity index (χ4n) is 5.49. The summed E-state index contributed by atoms with van der Waals surface area (Å²) in [6.07, 6.45) is 4.63. The smallest absolute Gasteiger partial charge is 0.346 e. The van der Waals surface area contributed by atoms with Crippen molar-refractivity contribution in [1.82, 2.24) is 34.3 Å². The van der Waals surface area contributed by atoms with E-state index in [1.165, 1.54) is 6.33 Å². The lowest BCUT2D eigenvalue weighted by Gasteiger charge is -2.54. The number of aromatic amines is 1. The molecule has 38 heavy (non-hydrogen) atoms. The van der Waals surface area contributed by atoms with Gasteiger partial charge in [0, 0.05) is 67.1 Å². The molecule has 2 aliphatic heterocycles. The van der Waals surface area contributed by atoms with E-state index in [4.69, 9.17) is 0 Å². The van der Waals surface area contributed by atoms with Gasteiger partial charge in [0.15, 0.2) is 10.7 Å². The van der Waals surface area contributed by atoms with Gasteiger partial charge in [-0.15, -0.1) is 11.3 Å². The number of nitrogens with zero attached hydrogens (tertiary/aromatic N) is 7. The van der Waals surface area contributed by atoms with Crippen LogP contribution in [0.3, 0.4) is 0 Å². The summed E-state index contributed by atoms with van der Waals surface area (Å²) < 4.78 is 40.7. The van der Waals surface area contributed by atoms with Gasteiger partial charge in [0.2, 0.25) is 0 Å². The number of H-pyrrole nitrogens is 1. The Labute approximate surface area is 219 Å². The molecule has 0 saturated carbocycles. The van der Waals surface area contributed by atoms with E-state index >= 15 is 0 Å². The second kappa shape index (κ2) is 9.21. The van der Waals surface area contributed by atoms with Crippen molar-refractivity contribution in [3.8, 4) is 17.3 Å². The van der Waals surface area contributed by atoms with Crippen LogP contribution in [0.2, 0.25) is 0 Å². The number of carbonyl (C=O) groups excluding carboxylic acids is 1. The number of amides is 1. The number of piperidine rings is 1. The molecule has 0 atom stereocenters. The number of aromatic nitrogens is 5. The summed E-state index contributed by atoms with van der Waals surface area (Å²) in [4.78, 5) is 31.9. The van der Waals surface area contributed by atoms with Gasteiger partial charge in [-0.1, -0.05) is 0 Å². The van der Waals surface area contributed by atoms with E-state index in [0.717, 1.165) is 51.8 Å². The zero-order valence-corrected chi connectivity index (χ0v) is 21.0. The molecule has 0 bridgehead atoms. The monoisotopic (exact) mass is 540 g/mol. The number of nitrogens with one attached hydrogen (secondary N) is 1. The van der Waals surface area contributed by atoms with E-state index < -0.39 is 17.8 Å². The van der Waals surface area contributed by atoms with Gasteiger partial charge in [-0.3, -0.25) is 9.69 Å². The van der Waals surface area contributed by atoms with E-state index in [2.05, 4.69) is 35.5 Å². The molecule has 0 aromatic carbocycles. The zero-order chi connectivity index (χ0) is 26.5. The van der Waals surface area contributed by atoms with Crippen molar-refractivity contribution < 1.29 is 18.0 Å². The highest BCUT2D eigenvalue weighted by molar-refractivity contribution is 7.11. The van der Waals surface area contributed by atoms with Crippen LogP contribution in [-0.4, -0.2) is 72.4 Å². The topological polar surface area (TPSA) is 107 Å². The Bertz CT molecular complexity index is 1520. The predicted octanol–water partition coefficient (Wildman–Crippen LogP) is 4.13. The first-order valence-corrected chi connectivity index (χ1v) is 13.1. The molecule has 9 nitrogen and oxygen atoms in total. The van der Waals surface area contributed by atoms with Crippen molar-refractivity contribution in [3.63, 3.8) is 0 Å². The SMILES string of the molecule is N#CCC1(n2ccc(-c3ncnc4[nH]ccc34)c2)CN(C2CCN(C(=O)c3nc(C(F)(F)F)cs3)CC2)C1. The molecule has 0 radical (unpaired) electrons. The molecule has 6 rings (SSSR count). The van der Waals surface area contributed by atoms with E-state index in [1.807, 2.05) is 30.7 Å². The van der Waals surface area contributed by atoms with E-state index in [9.17, 15) is 23.2 Å². The second-order valence-electron chi connectivity index (χ2n) is 9.79. The molecule has 4 aromatic heterocycles. The summed E-state index contributed by atoms with van der Waals surface area (Å²) in [6, 6.07) is 6.53. The van der Waals surface area contributed by atoms with Gasteiger partial charge in [0.25, 0.3) is 5.91 Å². The molecule has 13 heteroatoms.